The van der Waals surface area contributed by atoms with E-state index < -0.39 is 18.4 Å². The second-order valence-electron chi connectivity index (χ2n) is 9.40. The Bertz CT molecular complexity index is 1420. The molecule has 0 atom stereocenters. The maximum atomic E-state index is 2.51. The zero-order valence-electron chi connectivity index (χ0n) is 22.2. The Morgan fingerprint density at radius 1 is 0.475 bits per heavy atom. The van der Waals surface area contributed by atoms with Crippen LogP contribution in [0, 0.1) is 0 Å². The second-order valence-corrected chi connectivity index (χ2v) is 25.1. The SMILES string of the molecule is I/C(=C/C=[C](\SCc1ccccc1)[Sn]([c]1ccccc1)([c]1ccccc1)[c]1ccccc1)SCc1ccccc1. The quantitative estimate of drug-likeness (QED) is 0.0749. The van der Waals surface area contributed by atoms with E-state index in [0.717, 1.165) is 11.5 Å². The van der Waals surface area contributed by atoms with Crippen LogP contribution in [0.5, 0.6) is 0 Å². The van der Waals surface area contributed by atoms with E-state index in [1.807, 2.05) is 23.5 Å². The summed E-state index contributed by atoms with van der Waals surface area (Å²) >= 11 is 2.74. The molecule has 5 rings (SSSR count). The molecule has 0 saturated carbocycles. The van der Waals surface area contributed by atoms with Crippen LogP contribution in [0.3, 0.4) is 0 Å². The first-order valence-electron chi connectivity index (χ1n) is 13.3. The molecule has 0 N–H and O–H groups in total. The summed E-state index contributed by atoms with van der Waals surface area (Å²) in [6.45, 7) is 0. The van der Waals surface area contributed by atoms with E-state index in [9.17, 15) is 0 Å². The molecule has 0 radical (unpaired) electrons. The monoisotopic (exact) mass is 774 g/mol. The van der Waals surface area contributed by atoms with Gasteiger partial charge in [-0.15, -0.1) is 0 Å². The average molecular weight is 773 g/mol. The summed E-state index contributed by atoms with van der Waals surface area (Å²) in [6, 6.07) is 55.5. The van der Waals surface area contributed by atoms with Gasteiger partial charge in [-0.2, -0.15) is 0 Å². The van der Waals surface area contributed by atoms with Crippen LogP contribution >= 0.6 is 46.1 Å². The van der Waals surface area contributed by atoms with E-state index in [1.54, 1.807) is 0 Å². The number of hydrogen-bond donors (Lipinski definition) is 0. The van der Waals surface area contributed by atoms with Gasteiger partial charge in [0.15, 0.2) is 0 Å². The van der Waals surface area contributed by atoms with Crippen molar-refractivity contribution in [3.63, 3.8) is 0 Å². The number of halogens is 1. The van der Waals surface area contributed by atoms with Gasteiger partial charge in [0.05, 0.1) is 0 Å². The molecule has 4 heteroatoms. The standard InChI is InChI=1S/C18H16IS2.3C6H5.Sn/c19-18(21-15-17-10-5-2-6-11-17)12-7-13-20-14-16-8-3-1-4-9-16;3*1-2-4-6-5-3-1;/h1-12H,14-15H2;3*1-5H;/b13-7?,18-12-;;;;. The summed E-state index contributed by atoms with van der Waals surface area (Å²) in [4.78, 5) is 0. The molecule has 40 heavy (non-hydrogen) atoms. The summed E-state index contributed by atoms with van der Waals surface area (Å²) in [5, 5.41) is 0. The Morgan fingerprint density at radius 3 is 1.23 bits per heavy atom. The van der Waals surface area contributed by atoms with Gasteiger partial charge in [0, 0.05) is 0 Å². The van der Waals surface area contributed by atoms with Gasteiger partial charge in [0.1, 0.15) is 0 Å². The van der Waals surface area contributed by atoms with Crippen LogP contribution in [0.25, 0.3) is 0 Å². The number of benzene rings is 5. The van der Waals surface area contributed by atoms with Crippen molar-refractivity contribution in [2.75, 3.05) is 0 Å². The van der Waals surface area contributed by atoms with Crippen LogP contribution in [0.4, 0.5) is 0 Å². The minimum atomic E-state index is -3.69. The summed E-state index contributed by atoms with van der Waals surface area (Å²) in [5.74, 6) is 1.92. The average Bonchev–Trinajstić information content (AvgIpc) is 3.04. The van der Waals surface area contributed by atoms with Gasteiger partial charge in [-0.3, -0.25) is 0 Å². The van der Waals surface area contributed by atoms with Gasteiger partial charge in [-0.05, 0) is 0 Å². The number of allylic oxidation sites excluding steroid dienone is 2. The van der Waals surface area contributed by atoms with Gasteiger partial charge in [0.2, 0.25) is 0 Å². The Kier molecular flexibility index (Phi) is 11.1. The van der Waals surface area contributed by atoms with Crippen molar-refractivity contribution < 1.29 is 0 Å². The molecule has 0 saturated heterocycles. The van der Waals surface area contributed by atoms with Gasteiger partial charge < -0.3 is 0 Å². The van der Waals surface area contributed by atoms with Crippen molar-refractivity contribution in [3.8, 4) is 0 Å². The molecule has 5 aromatic carbocycles. The normalized spacial score (nSPS) is 12.3. The van der Waals surface area contributed by atoms with E-state index >= 15 is 0 Å². The molecule has 0 heterocycles. The van der Waals surface area contributed by atoms with Crippen LogP contribution in [0.2, 0.25) is 0 Å². The summed E-state index contributed by atoms with van der Waals surface area (Å²) in [7, 11) is 0. The predicted molar refractivity (Wildman–Crippen MR) is 190 cm³/mol. The Labute approximate surface area is 265 Å². The molecule has 5 aromatic rings. The fourth-order valence-electron chi connectivity index (χ4n) is 4.92. The van der Waals surface area contributed by atoms with Crippen LogP contribution in [0.1, 0.15) is 11.1 Å². The third kappa shape index (κ3) is 7.35. The van der Waals surface area contributed by atoms with Crippen molar-refractivity contribution in [3.05, 3.63) is 181 Å². The predicted octanol–water partition coefficient (Wildman–Crippen LogP) is 8.72. The summed E-state index contributed by atoms with van der Waals surface area (Å²) < 4.78 is 7.23. The molecular weight excluding hydrogens is 742 g/mol. The van der Waals surface area contributed by atoms with Crippen LogP contribution in [-0.2, 0) is 11.5 Å². The number of rotatable bonds is 11. The zero-order chi connectivity index (χ0) is 27.5. The van der Waals surface area contributed by atoms with Crippen molar-refractivity contribution in [2.24, 2.45) is 0 Å². The van der Waals surface area contributed by atoms with Gasteiger partial charge in [-0.25, -0.2) is 0 Å². The molecule has 0 unspecified atom stereocenters. The maximum absolute atomic E-state index is 3.69. The van der Waals surface area contributed by atoms with E-state index in [2.05, 4.69) is 186 Å². The molecule has 0 fully saturated rings. The Hall–Kier alpha value is -2.19. The van der Waals surface area contributed by atoms with Crippen LogP contribution < -0.4 is 10.7 Å². The van der Waals surface area contributed by atoms with Gasteiger partial charge in [0.25, 0.3) is 0 Å². The number of hydrogen-bond acceptors (Lipinski definition) is 2. The van der Waals surface area contributed by atoms with Crippen LogP contribution in [0.15, 0.2) is 170 Å². The molecule has 0 aliphatic heterocycles. The van der Waals surface area contributed by atoms with Gasteiger partial charge >= 0.3 is 268 Å². The summed E-state index contributed by atoms with van der Waals surface area (Å²) in [5.41, 5.74) is 2.70. The second kappa shape index (κ2) is 15.2. The summed E-state index contributed by atoms with van der Waals surface area (Å²) in [6.07, 6.45) is 4.80. The van der Waals surface area contributed by atoms with E-state index in [-0.39, 0.29) is 0 Å². The molecule has 0 amide bonds. The molecule has 0 bridgehead atoms. The van der Waals surface area contributed by atoms with E-state index in [1.165, 1.54) is 27.7 Å². The Balaban J connectivity index is 1.65. The topological polar surface area (TPSA) is 0 Å². The first kappa shape index (κ1) is 29.3. The van der Waals surface area contributed by atoms with Crippen molar-refractivity contribution >= 4 is 75.2 Å². The zero-order valence-corrected chi connectivity index (χ0v) is 28.8. The molecule has 0 aliphatic rings. The third-order valence-electron chi connectivity index (χ3n) is 6.81. The Morgan fingerprint density at radius 2 is 0.825 bits per heavy atom. The van der Waals surface area contributed by atoms with Gasteiger partial charge in [-0.1, -0.05) is 0 Å². The molecular formula is C36H31IS2Sn. The third-order valence-corrected chi connectivity index (χ3v) is 26.1. The van der Waals surface area contributed by atoms with E-state index in [4.69, 9.17) is 0 Å². The molecule has 198 valence electrons. The first-order chi connectivity index (χ1) is 19.8. The molecule has 0 nitrogen and oxygen atoms in total. The first-order valence-corrected chi connectivity index (χ1v) is 22.1. The molecule has 0 aliphatic carbocycles. The van der Waals surface area contributed by atoms with Crippen molar-refractivity contribution in [1.29, 1.82) is 0 Å². The van der Waals surface area contributed by atoms with E-state index in [0.29, 0.717) is 0 Å². The van der Waals surface area contributed by atoms with Crippen LogP contribution in [-0.4, -0.2) is 18.4 Å². The molecule has 0 aromatic heterocycles. The van der Waals surface area contributed by atoms with Crippen molar-refractivity contribution in [1.82, 2.24) is 0 Å². The fourth-order valence-corrected chi connectivity index (χ4v) is 24.1. The minimum absolute atomic E-state index is 0.944. The fraction of sp³-hybridized carbons (Fsp3) is 0.0556. The number of thioether (sulfide) groups is 2. The van der Waals surface area contributed by atoms with Crippen molar-refractivity contribution in [2.45, 2.75) is 11.5 Å². The molecule has 0 spiro atoms.